The highest BCUT2D eigenvalue weighted by Crippen LogP contribution is 2.15. The number of benzene rings is 1. The van der Waals surface area contributed by atoms with E-state index in [0.29, 0.717) is 6.54 Å². The molecule has 3 rings (SSSR count). The minimum Gasteiger partial charge on any atom is -0.357 e. The molecule has 1 amide bonds. The van der Waals surface area contributed by atoms with E-state index in [0.717, 1.165) is 49.2 Å². The van der Waals surface area contributed by atoms with Gasteiger partial charge >= 0.3 is 0 Å². The number of anilines is 1. The third kappa shape index (κ3) is 10.1. The lowest BCUT2D eigenvalue weighted by molar-refractivity contribution is -0.116. The van der Waals surface area contributed by atoms with Crippen LogP contribution in [-0.4, -0.2) is 59.3 Å². The number of rotatable bonds is 10. The maximum atomic E-state index is 12.2. The van der Waals surface area contributed by atoms with Crippen LogP contribution in [0, 0.1) is 5.92 Å². The fourth-order valence-electron chi connectivity index (χ4n) is 3.80. The summed E-state index contributed by atoms with van der Waals surface area (Å²) >= 11 is 0. The SMILES string of the molecule is CCNC(=NCc1cccc(NC(=O)Cn2cccn2)c1)NCCCN1CCC(C)CC1.I. The van der Waals surface area contributed by atoms with Crippen molar-refractivity contribution in [1.82, 2.24) is 25.3 Å². The molecule has 0 bridgehead atoms. The van der Waals surface area contributed by atoms with Gasteiger partial charge in [-0.15, -0.1) is 24.0 Å². The zero-order valence-corrected chi connectivity index (χ0v) is 22.1. The Balaban J connectivity index is 0.00000385. The second-order valence-electron chi connectivity index (χ2n) is 8.45. The fraction of sp³-hybridized carbons (Fsp3) is 0.542. The van der Waals surface area contributed by atoms with E-state index in [1.807, 2.05) is 24.3 Å². The summed E-state index contributed by atoms with van der Waals surface area (Å²) in [5.74, 6) is 1.60. The second-order valence-corrected chi connectivity index (χ2v) is 8.45. The van der Waals surface area contributed by atoms with Gasteiger partial charge in [-0.3, -0.25) is 9.48 Å². The van der Waals surface area contributed by atoms with Crippen molar-refractivity contribution in [3.05, 3.63) is 48.3 Å². The zero-order chi connectivity index (χ0) is 22.6. The molecule has 0 atom stereocenters. The van der Waals surface area contributed by atoms with Crippen LogP contribution in [-0.2, 0) is 17.9 Å². The smallest absolute Gasteiger partial charge is 0.246 e. The lowest BCUT2D eigenvalue weighted by Crippen LogP contribution is -2.39. The van der Waals surface area contributed by atoms with Crippen LogP contribution in [0.1, 0.15) is 38.7 Å². The molecule has 1 aromatic carbocycles. The number of piperidine rings is 1. The average Bonchev–Trinajstić information content (AvgIpc) is 3.29. The summed E-state index contributed by atoms with van der Waals surface area (Å²) < 4.78 is 1.60. The highest BCUT2D eigenvalue weighted by molar-refractivity contribution is 14.0. The fourth-order valence-corrected chi connectivity index (χ4v) is 3.80. The first kappa shape index (κ1) is 27.1. The van der Waals surface area contributed by atoms with Gasteiger partial charge in [0.25, 0.3) is 0 Å². The number of halogens is 1. The first-order chi connectivity index (χ1) is 15.6. The Bertz CT molecular complexity index is 848. The number of hydrogen-bond donors (Lipinski definition) is 3. The molecule has 1 fully saturated rings. The van der Waals surface area contributed by atoms with Crippen molar-refractivity contribution in [2.75, 3.05) is 38.0 Å². The Morgan fingerprint density at radius 3 is 2.76 bits per heavy atom. The molecule has 2 heterocycles. The molecular formula is C24H38IN7O. The van der Waals surface area contributed by atoms with Crippen LogP contribution in [0.25, 0.3) is 0 Å². The summed E-state index contributed by atoms with van der Waals surface area (Å²) in [6, 6.07) is 9.61. The lowest BCUT2D eigenvalue weighted by atomic mass is 9.99. The summed E-state index contributed by atoms with van der Waals surface area (Å²) in [4.78, 5) is 19.5. The van der Waals surface area contributed by atoms with Crippen LogP contribution < -0.4 is 16.0 Å². The molecule has 0 unspecified atom stereocenters. The number of hydrogen-bond acceptors (Lipinski definition) is 4. The van der Waals surface area contributed by atoms with E-state index in [1.165, 1.54) is 25.9 Å². The van der Waals surface area contributed by atoms with Crippen molar-refractivity contribution >= 4 is 41.5 Å². The van der Waals surface area contributed by atoms with Gasteiger partial charge in [-0.2, -0.15) is 5.10 Å². The summed E-state index contributed by atoms with van der Waals surface area (Å²) in [5.41, 5.74) is 1.81. The average molecular weight is 568 g/mol. The molecule has 1 aromatic heterocycles. The lowest BCUT2D eigenvalue weighted by Gasteiger charge is -2.30. The molecule has 0 aliphatic carbocycles. The summed E-state index contributed by atoms with van der Waals surface area (Å²) in [7, 11) is 0. The van der Waals surface area contributed by atoms with Crippen molar-refractivity contribution in [3.63, 3.8) is 0 Å². The number of aromatic nitrogens is 2. The molecular weight excluding hydrogens is 529 g/mol. The van der Waals surface area contributed by atoms with E-state index in [2.05, 4.69) is 39.8 Å². The number of nitrogens with zero attached hydrogens (tertiary/aromatic N) is 4. The molecule has 2 aromatic rings. The Morgan fingerprint density at radius 1 is 1.21 bits per heavy atom. The minimum atomic E-state index is -0.104. The Labute approximate surface area is 214 Å². The number of aliphatic imine (C=N–C) groups is 1. The number of nitrogens with one attached hydrogen (secondary N) is 3. The van der Waals surface area contributed by atoms with Gasteiger partial charge in [-0.1, -0.05) is 19.1 Å². The quantitative estimate of drug-likeness (QED) is 0.178. The molecule has 0 spiro atoms. The first-order valence-corrected chi connectivity index (χ1v) is 11.7. The highest BCUT2D eigenvalue weighted by atomic mass is 127. The van der Waals surface area contributed by atoms with Crippen LogP contribution in [0.4, 0.5) is 5.69 Å². The molecule has 0 saturated carbocycles. The van der Waals surface area contributed by atoms with Crippen molar-refractivity contribution in [1.29, 1.82) is 0 Å². The molecule has 9 heteroatoms. The van der Waals surface area contributed by atoms with E-state index in [-0.39, 0.29) is 36.4 Å². The summed E-state index contributed by atoms with van der Waals surface area (Å²) in [5, 5.41) is 13.7. The van der Waals surface area contributed by atoms with Gasteiger partial charge in [0.15, 0.2) is 5.96 Å². The third-order valence-electron chi connectivity index (χ3n) is 5.66. The highest BCUT2D eigenvalue weighted by Gasteiger charge is 2.14. The number of carbonyl (C=O) groups is 1. The molecule has 1 saturated heterocycles. The van der Waals surface area contributed by atoms with Gasteiger partial charge in [0.1, 0.15) is 6.54 Å². The van der Waals surface area contributed by atoms with E-state index in [1.54, 1.807) is 23.1 Å². The maximum absolute atomic E-state index is 12.2. The van der Waals surface area contributed by atoms with Gasteiger partial charge in [-0.05, 0) is 75.5 Å². The monoisotopic (exact) mass is 567 g/mol. The number of guanidine groups is 1. The molecule has 1 aliphatic rings. The van der Waals surface area contributed by atoms with Gasteiger partial charge in [0, 0.05) is 31.2 Å². The number of likely N-dealkylation sites (tertiary alicyclic amines) is 1. The summed E-state index contributed by atoms with van der Waals surface area (Å²) in [6.45, 7) is 10.5. The van der Waals surface area contributed by atoms with Crippen LogP contribution in [0.2, 0.25) is 0 Å². The third-order valence-corrected chi connectivity index (χ3v) is 5.66. The van der Waals surface area contributed by atoms with E-state index >= 15 is 0 Å². The Morgan fingerprint density at radius 2 is 2.03 bits per heavy atom. The van der Waals surface area contributed by atoms with Crippen LogP contribution in [0.15, 0.2) is 47.7 Å². The maximum Gasteiger partial charge on any atom is 0.246 e. The van der Waals surface area contributed by atoms with E-state index in [9.17, 15) is 4.79 Å². The van der Waals surface area contributed by atoms with Crippen LogP contribution >= 0.6 is 24.0 Å². The second kappa shape index (κ2) is 14.9. The van der Waals surface area contributed by atoms with Crippen molar-refractivity contribution in [3.8, 4) is 0 Å². The largest absolute Gasteiger partial charge is 0.357 e. The zero-order valence-electron chi connectivity index (χ0n) is 19.8. The molecule has 182 valence electrons. The van der Waals surface area contributed by atoms with Gasteiger partial charge < -0.3 is 20.9 Å². The number of carbonyl (C=O) groups excluding carboxylic acids is 1. The first-order valence-electron chi connectivity index (χ1n) is 11.7. The molecule has 0 radical (unpaired) electrons. The normalized spacial score (nSPS) is 15.0. The van der Waals surface area contributed by atoms with E-state index in [4.69, 9.17) is 4.99 Å². The van der Waals surface area contributed by atoms with Crippen molar-refractivity contribution < 1.29 is 4.79 Å². The van der Waals surface area contributed by atoms with Crippen molar-refractivity contribution in [2.45, 2.75) is 46.2 Å². The van der Waals surface area contributed by atoms with Crippen molar-refractivity contribution in [2.24, 2.45) is 10.9 Å². The predicted octanol–water partition coefficient (Wildman–Crippen LogP) is 3.32. The van der Waals surface area contributed by atoms with Crippen LogP contribution in [0.3, 0.4) is 0 Å². The van der Waals surface area contributed by atoms with Crippen LogP contribution in [0.5, 0.6) is 0 Å². The van der Waals surface area contributed by atoms with Gasteiger partial charge in [0.05, 0.1) is 6.54 Å². The Kier molecular flexibility index (Phi) is 12.2. The van der Waals surface area contributed by atoms with E-state index < -0.39 is 0 Å². The molecule has 33 heavy (non-hydrogen) atoms. The Hall–Kier alpha value is -2.14. The minimum absolute atomic E-state index is 0. The topological polar surface area (TPSA) is 86.6 Å². The summed E-state index contributed by atoms with van der Waals surface area (Å²) in [6.07, 6.45) is 7.18. The standard InChI is InChI=1S/C24H37N7O.HI/c1-3-25-24(26-11-5-13-30-15-9-20(2)10-16-30)27-18-21-7-4-8-22(17-21)29-23(32)19-31-14-6-12-28-31;/h4,6-8,12,14,17,20H,3,5,9-11,13,15-16,18-19H2,1-2H3,(H,29,32)(H2,25,26,27);1H. The predicted molar refractivity (Wildman–Crippen MR) is 145 cm³/mol. The molecule has 8 nitrogen and oxygen atoms in total. The molecule has 3 N–H and O–H groups in total. The molecule has 1 aliphatic heterocycles. The number of amides is 1. The van der Waals surface area contributed by atoms with Gasteiger partial charge in [0.2, 0.25) is 5.91 Å². The van der Waals surface area contributed by atoms with Gasteiger partial charge in [-0.25, -0.2) is 4.99 Å².